The van der Waals surface area contributed by atoms with Gasteiger partial charge in [0.15, 0.2) is 15.6 Å². The molecule has 0 bridgehead atoms. The average molecular weight is 551 g/mol. The summed E-state index contributed by atoms with van der Waals surface area (Å²) < 4.78 is 31.7. The number of sulfone groups is 1. The van der Waals surface area contributed by atoms with E-state index in [4.69, 9.17) is 16.2 Å². The molecule has 0 aliphatic carbocycles. The lowest BCUT2D eigenvalue weighted by atomic mass is 9.97. The van der Waals surface area contributed by atoms with Gasteiger partial charge in [0.05, 0.1) is 24.2 Å². The molecule has 206 valence electrons. The van der Waals surface area contributed by atoms with Crippen molar-refractivity contribution in [2.45, 2.75) is 35.2 Å². The third kappa shape index (κ3) is 7.30. The normalized spacial score (nSPS) is 16.2. The second kappa shape index (κ2) is 13.0. The Bertz CT molecular complexity index is 1350. The van der Waals surface area contributed by atoms with Crippen LogP contribution < -0.4 is 16.8 Å². The van der Waals surface area contributed by atoms with Crippen molar-refractivity contribution in [1.82, 2.24) is 10.2 Å². The molecular formula is C29H34N4O5S. The molecule has 1 aliphatic heterocycles. The van der Waals surface area contributed by atoms with Crippen LogP contribution in [0.5, 0.6) is 0 Å². The Morgan fingerprint density at radius 2 is 1.36 bits per heavy atom. The van der Waals surface area contributed by atoms with Crippen molar-refractivity contribution in [3.8, 4) is 0 Å². The molecule has 1 fully saturated rings. The molecule has 10 heteroatoms. The Hall–Kier alpha value is -3.57. The minimum absolute atomic E-state index is 0.0213. The lowest BCUT2D eigenvalue weighted by Gasteiger charge is -2.29. The van der Waals surface area contributed by atoms with Crippen molar-refractivity contribution in [1.29, 1.82) is 0 Å². The number of hydrogen-bond acceptors (Lipinski definition) is 7. The van der Waals surface area contributed by atoms with E-state index in [2.05, 4.69) is 5.32 Å². The van der Waals surface area contributed by atoms with Crippen LogP contribution in [0, 0.1) is 0 Å². The largest absolute Gasteiger partial charge is 0.378 e. The van der Waals surface area contributed by atoms with Crippen LogP contribution in [-0.2, 0) is 27.4 Å². The molecule has 1 aliphatic rings. The molecule has 0 aromatic heterocycles. The highest BCUT2D eigenvalue weighted by Gasteiger charge is 2.31. The molecule has 4 rings (SSSR count). The summed E-state index contributed by atoms with van der Waals surface area (Å²) in [5.41, 5.74) is 14.3. The lowest BCUT2D eigenvalue weighted by molar-refractivity contribution is 0.0522. The maximum atomic E-state index is 13.5. The van der Waals surface area contributed by atoms with E-state index in [1.54, 1.807) is 4.90 Å². The number of amides is 2. The van der Waals surface area contributed by atoms with Crippen LogP contribution in [0.15, 0.2) is 89.8 Å². The minimum atomic E-state index is -3.95. The van der Waals surface area contributed by atoms with Crippen molar-refractivity contribution < 1.29 is 22.7 Å². The first-order valence-electron chi connectivity index (χ1n) is 12.9. The summed E-state index contributed by atoms with van der Waals surface area (Å²) in [7, 11) is -3.95. The summed E-state index contributed by atoms with van der Waals surface area (Å²) in [5, 5.41) is 1.54. The Morgan fingerprint density at radius 1 is 0.821 bits per heavy atom. The molecule has 0 spiro atoms. The summed E-state index contributed by atoms with van der Waals surface area (Å²) in [6.45, 7) is 1.77. The predicted octanol–water partition coefficient (Wildman–Crippen LogP) is 2.15. The van der Waals surface area contributed by atoms with Gasteiger partial charge in [-0.25, -0.2) is 13.2 Å². The van der Waals surface area contributed by atoms with Crippen molar-refractivity contribution in [3.63, 3.8) is 0 Å². The molecule has 5 N–H and O–H groups in total. The Labute approximate surface area is 229 Å². The number of carbonyl (C=O) groups is 2. The fourth-order valence-electron chi connectivity index (χ4n) is 4.47. The van der Waals surface area contributed by atoms with E-state index in [9.17, 15) is 18.0 Å². The van der Waals surface area contributed by atoms with E-state index >= 15 is 0 Å². The zero-order valence-corrected chi connectivity index (χ0v) is 22.4. The van der Waals surface area contributed by atoms with Gasteiger partial charge in [0.2, 0.25) is 0 Å². The van der Waals surface area contributed by atoms with Gasteiger partial charge in [-0.2, -0.15) is 0 Å². The monoisotopic (exact) mass is 550 g/mol. The SMILES string of the molecule is NC(Cc1ccccc1)C(N)S(=O)(=O)c1ccc(C(=O)[C@H](Cc2ccccc2)NC(=O)N2CCOCC2)cc1. The number of nitrogens with zero attached hydrogens (tertiary/aromatic N) is 1. The van der Waals surface area contributed by atoms with Gasteiger partial charge in [-0.05, 0) is 29.7 Å². The first-order chi connectivity index (χ1) is 18.8. The zero-order chi connectivity index (χ0) is 27.8. The van der Waals surface area contributed by atoms with Crippen LogP contribution >= 0.6 is 0 Å². The first kappa shape index (κ1) is 28.4. The van der Waals surface area contributed by atoms with Gasteiger partial charge < -0.3 is 26.4 Å². The van der Waals surface area contributed by atoms with Crippen molar-refractivity contribution in [2.75, 3.05) is 26.3 Å². The molecule has 0 saturated carbocycles. The Balaban J connectivity index is 1.49. The number of carbonyl (C=O) groups excluding carboxylic acids is 2. The molecular weight excluding hydrogens is 516 g/mol. The molecule has 3 aromatic carbocycles. The van der Waals surface area contributed by atoms with E-state index < -0.39 is 27.3 Å². The van der Waals surface area contributed by atoms with Gasteiger partial charge >= 0.3 is 6.03 Å². The third-order valence-corrected chi connectivity index (χ3v) is 8.75. The number of benzene rings is 3. The summed E-state index contributed by atoms with van der Waals surface area (Å²) in [4.78, 5) is 28.0. The van der Waals surface area contributed by atoms with Crippen molar-refractivity contribution in [3.05, 3.63) is 102 Å². The Kier molecular flexibility index (Phi) is 9.47. The van der Waals surface area contributed by atoms with Crippen molar-refractivity contribution >= 4 is 21.7 Å². The van der Waals surface area contributed by atoms with Crippen LogP contribution in [0.2, 0.25) is 0 Å². The van der Waals surface area contributed by atoms with Gasteiger partial charge in [0.1, 0.15) is 5.37 Å². The van der Waals surface area contributed by atoms with Crippen LogP contribution in [0.3, 0.4) is 0 Å². The van der Waals surface area contributed by atoms with Gasteiger partial charge in [0.25, 0.3) is 0 Å². The maximum Gasteiger partial charge on any atom is 0.318 e. The number of rotatable bonds is 10. The van der Waals surface area contributed by atoms with Gasteiger partial charge in [-0.15, -0.1) is 0 Å². The summed E-state index contributed by atoms with van der Waals surface area (Å²) in [6, 6.07) is 22.3. The number of nitrogens with one attached hydrogen (secondary N) is 1. The van der Waals surface area contributed by atoms with Gasteiger partial charge in [-0.1, -0.05) is 72.8 Å². The van der Waals surface area contributed by atoms with E-state index in [0.717, 1.165) is 11.1 Å². The fraction of sp³-hybridized carbons (Fsp3) is 0.310. The maximum absolute atomic E-state index is 13.5. The Morgan fingerprint density at radius 3 is 1.92 bits per heavy atom. The molecule has 1 saturated heterocycles. The van der Waals surface area contributed by atoms with Gasteiger partial charge in [-0.3, -0.25) is 4.79 Å². The van der Waals surface area contributed by atoms with Crippen molar-refractivity contribution in [2.24, 2.45) is 11.5 Å². The number of ether oxygens (including phenoxy) is 1. The lowest BCUT2D eigenvalue weighted by Crippen LogP contribution is -2.51. The molecule has 39 heavy (non-hydrogen) atoms. The molecule has 3 atom stereocenters. The van der Waals surface area contributed by atoms with Crippen LogP contribution in [0.4, 0.5) is 4.79 Å². The molecule has 0 radical (unpaired) electrons. The highest BCUT2D eigenvalue weighted by Crippen LogP contribution is 2.19. The summed E-state index contributed by atoms with van der Waals surface area (Å²) in [6.07, 6.45) is 0.594. The molecule has 2 amide bonds. The number of urea groups is 1. The smallest absolute Gasteiger partial charge is 0.318 e. The second-order valence-corrected chi connectivity index (χ2v) is 11.6. The number of nitrogens with two attached hydrogens (primary N) is 2. The topological polar surface area (TPSA) is 145 Å². The quantitative estimate of drug-likeness (QED) is 0.328. The van der Waals surface area contributed by atoms with E-state index in [-0.39, 0.29) is 28.7 Å². The standard InChI is InChI=1S/C29H34N4O5S/c30-25(19-21-7-3-1-4-8-21)28(31)39(36,37)24-13-11-23(12-14-24)27(34)26(20-22-9-5-2-6-10-22)32-29(35)33-15-17-38-18-16-33/h1-14,25-26,28H,15-20,30-31H2,(H,32,35)/t25?,26-,28?/m0/s1. The highest BCUT2D eigenvalue weighted by atomic mass is 32.2. The number of Topliss-reactive ketones (excluding diaryl/α,β-unsaturated/α-hetero) is 1. The van der Waals surface area contributed by atoms with Crippen LogP contribution in [-0.4, -0.2) is 68.9 Å². The number of ketones is 1. The average Bonchev–Trinajstić information content (AvgIpc) is 2.97. The zero-order valence-electron chi connectivity index (χ0n) is 21.6. The molecule has 1 heterocycles. The van der Waals surface area contributed by atoms with E-state index in [1.165, 1.54) is 24.3 Å². The fourth-order valence-corrected chi connectivity index (χ4v) is 5.85. The van der Waals surface area contributed by atoms with E-state index in [1.807, 2.05) is 60.7 Å². The molecule has 3 aromatic rings. The third-order valence-electron chi connectivity index (χ3n) is 6.76. The predicted molar refractivity (Wildman–Crippen MR) is 149 cm³/mol. The summed E-state index contributed by atoms with van der Waals surface area (Å²) in [5.74, 6) is -0.325. The number of hydrogen-bond donors (Lipinski definition) is 3. The van der Waals surface area contributed by atoms with Crippen LogP contribution in [0.25, 0.3) is 0 Å². The first-order valence-corrected chi connectivity index (χ1v) is 14.4. The molecule has 2 unspecified atom stereocenters. The highest BCUT2D eigenvalue weighted by molar-refractivity contribution is 7.92. The minimum Gasteiger partial charge on any atom is -0.378 e. The van der Waals surface area contributed by atoms with Gasteiger partial charge in [0, 0.05) is 31.1 Å². The summed E-state index contributed by atoms with van der Waals surface area (Å²) >= 11 is 0. The van der Waals surface area contributed by atoms with Crippen LogP contribution in [0.1, 0.15) is 21.5 Å². The number of morpholine rings is 1. The second-order valence-electron chi connectivity index (χ2n) is 9.54. The van der Waals surface area contributed by atoms with E-state index in [0.29, 0.717) is 32.7 Å². The molecule has 9 nitrogen and oxygen atoms in total.